The average Bonchev–Trinajstić information content (AvgIpc) is 2.96. The first-order valence-electron chi connectivity index (χ1n) is 14.5. The van der Waals surface area contributed by atoms with Gasteiger partial charge in [0.1, 0.15) is 11.5 Å². The van der Waals surface area contributed by atoms with Gasteiger partial charge in [0.2, 0.25) is 0 Å². The molecule has 0 radical (unpaired) electrons. The van der Waals surface area contributed by atoms with Gasteiger partial charge in [-0.2, -0.15) is 0 Å². The number of methoxy groups -OCH3 is 2. The highest BCUT2D eigenvalue weighted by atomic mass is 16.5. The highest BCUT2D eigenvalue weighted by Crippen LogP contribution is 2.40. The Kier molecular flexibility index (Phi) is 9.76. The Morgan fingerprint density at radius 3 is 2.08 bits per heavy atom. The van der Waals surface area contributed by atoms with Crippen LogP contribution < -0.4 is 14.8 Å². The number of carbonyl (C=O) groups excluding carboxylic acids is 1. The highest BCUT2D eigenvalue weighted by Gasteiger charge is 2.33. The summed E-state index contributed by atoms with van der Waals surface area (Å²) in [6.45, 7) is 4.82. The molecule has 0 atom stereocenters. The Labute approximate surface area is 223 Å². The molecular formula is C32H46N2O3. The van der Waals surface area contributed by atoms with Crippen LogP contribution in [0.5, 0.6) is 11.5 Å². The fraction of sp³-hybridized carbons (Fsp3) is 0.594. The third-order valence-electron chi connectivity index (χ3n) is 8.83. The van der Waals surface area contributed by atoms with Crippen LogP contribution in [0.3, 0.4) is 0 Å². The minimum atomic E-state index is -0.00501. The van der Waals surface area contributed by atoms with E-state index in [-0.39, 0.29) is 12.1 Å². The van der Waals surface area contributed by atoms with Crippen LogP contribution in [0.4, 0.5) is 10.5 Å². The molecule has 0 bridgehead atoms. The van der Waals surface area contributed by atoms with Gasteiger partial charge in [-0.05, 0) is 73.6 Å². The van der Waals surface area contributed by atoms with Crippen molar-refractivity contribution in [2.75, 3.05) is 19.5 Å². The van der Waals surface area contributed by atoms with Crippen LogP contribution in [-0.4, -0.2) is 31.2 Å². The lowest BCUT2D eigenvalue weighted by Crippen LogP contribution is -2.45. The molecule has 2 aliphatic rings. The summed E-state index contributed by atoms with van der Waals surface area (Å²) in [6.07, 6.45) is 13.4. The molecule has 1 N–H and O–H groups in total. The van der Waals surface area contributed by atoms with Gasteiger partial charge in [0.25, 0.3) is 0 Å². The number of rotatable bonds is 9. The van der Waals surface area contributed by atoms with E-state index < -0.39 is 0 Å². The van der Waals surface area contributed by atoms with Gasteiger partial charge in [0.15, 0.2) is 0 Å². The summed E-state index contributed by atoms with van der Waals surface area (Å²) in [5, 5.41) is 3.35. The van der Waals surface area contributed by atoms with Gasteiger partial charge in [-0.1, -0.05) is 64.2 Å². The summed E-state index contributed by atoms with van der Waals surface area (Å²) in [6, 6.07) is 12.5. The fourth-order valence-electron chi connectivity index (χ4n) is 6.60. The first-order chi connectivity index (χ1) is 18.1. The molecule has 37 heavy (non-hydrogen) atoms. The summed E-state index contributed by atoms with van der Waals surface area (Å²) in [4.78, 5) is 16.1. The van der Waals surface area contributed by atoms with Gasteiger partial charge in [0, 0.05) is 23.4 Å². The molecule has 202 valence electrons. The number of benzene rings is 2. The van der Waals surface area contributed by atoms with Crippen molar-refractivity contribution in [2.24, 2.45) is 11.8 Å². The van der Waals surface area contributed by atoms with Gasteiger partial charge < -0.3 is 19.7 Å². The number of anilines is 1. The van der Waals surface area contributed by atoms with Crippen molar-refractivity contribution in [1.29, 1.82) is 0 Å². The van der Waals surface area contributed by atoms with Crippen LogP contribution in [0.2, 0.25) is 0 Å². The van der Waals surface area contributed by atoms with E-state index in [1.807, 2.05) is 18.2 Å². The second kappa shape index (κ2) is 13.2. The van der Waals surface area contributed by atoms with Crippen molar-refractivity contribution in [3.05, 3.63) is 53.1 Å². The van der Waals surface area contributed by atoms with Crippen molar-refractivity contribution in [2.45, 2.75) is 97.1 Å². The maximum absolute atomic E-state index is 14.0. The second-order valence-corrected chi connectivity index (χ2v) is 10.9. The van der Waals surface area contributed by atoms with Gasteiger partial charge in [-0.15, -0.1) is 0 Å². The lowest BCUT2D eigenvalue weighted by atomic mass is 9.72. The summed E-state index contributed by atoms with van der Waals surface area (Å²) in [5.41, 5.74) is 4.37. The minimum absolute atomic E-state index is 0.00501. The number of nitrogens with one attached hydrogen (secondary N) is 1. The van der Waals surface area contributed by atoms with Crippen LogP contribution in [0.1, 0.15) is 88.3 Å². The topological polar surface area (TPSA) is 50.8 Å². The van der Waals surface area contributed by atoms with Crippen LogP contribution >= 0.6 is 0 Å². The molecule has 2 fully saturated rings. The van der Waals surface area contributed by atoms with Gasteiger partial charge in [-0.25, -0.2) is 4.79 Å². The number of para-hydroxylation sites is 1. The van der Waals surface area contributed by atoms with Gasteiger partial charge in [-0.3, -0.25) is 0 Å². The van der Waals surface area contributed by atoms with Crippen LogP contribution in [0.15, 0.2) is 36.4 Å². The molecule has 2 aromatic carbocycles. The molecule has 2 amide bonds. The molecule has 0 aliphatic heterocycles. The van der Waals surface area contributed by atoms with Gasteiger partial charge >= 0.3 is 6.03 Å². The Balaban J connectivity index is 1.57. The summed E-state index contributed by atoms with van der Waals surface area (Å²) in [7, 11) is 3.35. The molecule has 0 saturated heterocycles. The van der Waals surface area contributed by atoms with E-state index in [0.29, 0.717) is 6.54 Å². The number of hydrogen-bond acceptors (Lipinski definition) is 3. The van der Waals surface area contributed by atoms with E-state index in [1.165, 1.54) is 56.1 Å². The maximum Gasteiger partial charge on any atom is 0.322 e. The molecule has 2 saturated carbocycles. The number of nitrogens with zero attached hydrogens (tertiary/aromatic N) is 1. The number of ether oxygens (including phenoxy) is 2. The molecule has 2 aromatic rings. The van der Waals surface area contributed by atoms with Crippen molar-refractivity contribution in [3.63, 3.8) is 0 Å². The first-order valence-corrected chi connectivity index (χ1v) is 14.5. The Morgan fingerprint density at radius 2 is 1.49 bits per heavy atom. The average molecular weight is 507 g/mol. The van der Waals surface area contributed by atoms with E-state index in [0.717, 1.165) is 60.3 Å². The van der Waals surface area contributed by atoms with Crippen LogP contribution in [0, 0.1) is 11.8 Å². The predicted octanol–water partition coefficient (Wildman–Crippen LogP) is 8.00. The highest BCUT2D eigenvalue weighted by molar-refractivity contribution is 5.91. The third-order valence-corrected chi connectivity index (χ3v) is 8.83. The molecule has 2 aliphatic carbocycles. The SMILES string of the molecule is CCc1cccc(CC)c1NC(=O)N(Cc1ccc(OC)cc1OC)C1CCC(C2CCCCC2)CC1. The monoisotopic (exact) mass is 506 g/mol. The lowest BCUT2D eigenvalue weighted by Gasteiger charge is -2.40. The zero-order chi connectivity index (χ0) is 26.2. The van der Waals surface area contributed by atoms with E-state index >= 15 is 0 Å². The zero-order valence-electron chi connectivity index (χ0n) is 23.4. The number of carbonyl (C=O) groups is 1. The fourth-order valence-corrected chi connectivity index (χ4v) is 6.60. The van der Waals surface area contributed by atoms with E-state index in [9.17, 15) is 4.79 Å². The Morgan fingerprint density at radius 1 is 0.838 bits per heavy atom. The minimum Gasteiger partial charge on any atom is -0.497 e. The molecule has 0 unspecified atom stereocenters. The summed E-state index contributed by atoms with van der Waals surface area (Å²) >= 11 is 0. The molecule has 5 heteroatoms. The summed E-state index contributed by atoms with van der Waals surface area (Å²) < 4.78 is 11.1. The smallest absolute Gasteiger partial charge is 0.322 e. The Hall–Kier alpha value is -2.69. The number of amides is 2. The molecule has 0 heterocycles. The quantitative estimate of drug-likeness (QED) is 0.375. The molecule has 4 rings (SSSR count). The first kappa shape index (κ1) is 27.3. The van der Waals surface area contributed by atoms with Crippen LogP contribution in [-0.2, 0) is 19.4 Å². The number of aryl methyl sites for hydroxylation is 2. The maximum atomic E-state index is 14.0. The lowest BCUT2D eigenvalue weighted by molar-refractivity contribution is 0.120. The predicted molar refractivity (Wildman–Crippen MR) is 152 cm³/mol. The molecule has 5 nitrogen and oxygen atoms in total. The normalized spacial score (nSPS) is 20.3. The van der Waals surface area contributed by atoms with Crippen molar-refractivity contribution >= 4 is 11.7 Å². The number of hydrogen-bond donors (Lipinski definition) is 1. The van der Waals surface area contributed by atoms with Gasteiger partial charge in [0.05, 0.1) is 20.8 Å². The third kappa shape index (κ3) is 6.61. The summed E-state index contributed by atoms with van der Waals surface area (Å²) in [5.74, 6) is 3.23. The zero-order valence-corrected chi connectivity index (χ0v) is 23.4. The van der Waals surface area contributed by atoms with E-state index in [2.05, 4.69) is 42.3 Å². The number of urea groups is 1. The van der Waals surface area contributed by atoms with Crippen LogP contribution in [0.25, 0.3) is 0 Å². The molecular weight excluding hydrogens is 460 g/mol. The Bertz CT molecular complexity index is 1000. The van der Waals surface area contributed by atoms with Crippen molar-refractivity contribution in [3.8, 4) is 11.5 Å². The van der Waals surface area contributed by atoms with Crippen molar-refractivity contribution < 1.29 is 14.3 Å². The van der Waals surface area contributed by atoms with E-state index in [1.54, 1.807) is 14.2 Å². The van der Waals surface area contributed by atoms with E-state index in [4.69, 9.17) is 9.47 Å². The molecule has 0 spiro atoms. The van der Waals surface area contributed by atoms with Crippen molar-refractivity contribution in [1.82, 2.24) is 4.90 Å². The standard InChI is InChI=1S/C32H46N2O3/c1-5-23-13-10-14-24(6-2)31(23)33-32(35)34(22-27-17-20-29(36-3)21-30(27)37-4)28-18-15-26(16-19-28)25-11-8-7-9-12-25/h10,13-14,17,20-21,25-26,28H,5-9,11-12,15-16,18-19,22H2,1-4H3,(H,33,35). The largest absolute Gasteiger partial charge is 0.497 e. The molecule has 0 aromatic heterocycles. The second-order valence-electron chi connectivity index (χ2n) is 10.9.